The Morgan fingerprint density at radius 1 is 1.38 bits per heavy atom. The molecule has 1 aromatic carbocycles. The zero-order chi connectivity index (χ0) is 17.7. The van der Waals surface area contributed by atoms with E-state index < -0.39 is 18.2 Å². The number of carbonyl (C=O) groups excluding carboxylic acids is 2. The Labute approximate surface area is 149 Å². The van der Waals surface area contributed by atoms with Crippen molar-refractivity contribution in [1.29, 1.82) is 0 Å². The van der Waals surface area contributed by atoms with E-state index in [1.54, 1.807) is 18.2 Å². The summed E-state index contributed by atoms with van der Waals surface area (Å²) in [6.45, 7) is 4.55. The smallest absolute Gasteiger partial charge is 0.242 e. The van der Waals surface area contributed by atoms with Crippen LogP contribution in [0.15, 0.2) is 30.5 Å². The fourth-order valence-electron chi connectivity index (χ4n) is 1.94. The summed E-state index contributed by atoms with van der Waals surface area (Å²) in [6, 6.07) is 7.07. The molecule has 0 saturated heterocycles. The molecule has 8 heteroatoms. The van der Waals surface area contributed by atoms with Crippen molar-refractivity contribution < 1.29 is 14.3 Å². The molecule has 0 atom stereocenters. The molecule has 1 aromatic heterocycles. The van der Waals surface area contributed by atoms with Crippen LogP contribution in [0.5, 0.6) is 5.75 Å². The largest absolute Gasteiger partial charge is 0.491 e. The van der Waals surface area contributed by atoms with E-state index in [0.717, 1.165) is 11.3 Å². The van der Waals surface area contributed by atoms with Crippen molar-refractivity contribution in [3.05, 3.63) is 34.8 Å². The van der Waals surface area contributed by atoms with Gasteiger partial charge in [-0.1, -0.05) is 48.9 Å². The summed E-state index contributed by atoms with van der Waals surface area (Å²) in [7, 11) is 0. The van der Waals surface area contributed by atoms with Crippen molar-refractivity contribution in [2.45, 2.75) is 20.3 Å². The van der Waals surface area contributed by atoms with Crippen LogP contribution < -0.4 is 15.4 Å². The van der Waals surface area contributed by atoms with Gasteiger partial charge in [0.15, 0.2) is 5.13 Å². The number of hydrogen-bond donors (Lipinski definition) is 1. The Bertz CT molecular complexity index is 733. The molecule has 0 aliphatic heterocycles. The maximum Gasteiger partial charge on any atom is 0.242 e. The van der Waals surface area contributed by atoms with E-state index in [0.29, 0.717) is 33.4 Å². The number of para-hydroxylation sites is 2. The fraction of sp³-hybridized carbons (Fsp3) is 0.312. The summed E-state index contributed by atoms with van der Waals surface area (Å²) in [5, 5.41) is 0.354. The maximum absolute atomic E-state index is 12.5. The summed E-state index contributed by atoms with van der Waals surface area (Å²) < 4.78 is 6.23. The van der Waals surface area contributed by atoms with Crippen LogP contribution >= 0.6 is 22.9 Å². The number of nitrogens with two attached hydrogens (primary N) is 1. The summed E-state index contributed by atoms with van der Waals surface area (Å²) in [4.78, 5) is 29.2. The van der Waals surface area contributed by atoms with Crippen LogP contribution in [0.25, 0.3) is 0 Å². The first-order valence-corrected chi connectivity index (χ1v) is 8.52. The van der Waals surface area contributed by atoms with Crippen molar-refractivity contribution in [2.24, 2.45) is 11.7 Å². The molecule has 1 heterocycles. The fourth-order valence-corrected chi connectivity index (χ4v) is 2.87. The molecule has 0 bridgehead atoms. The highest BCUT2D eigenvalue weighted by Crippen LogP contribution is 2.37. The van der Waals surface area contributed by atoms with Crippen LogP contribution in [-0.2, 0) is 9.59 Å². The maximum atomic E-state index is 12.5. The van der Waals surface area contributed by atoms with Gasteiger partial charge in [0.2, 0.25) is 11.8 Å². The lowest BCUT2D eigenvalue weighted by molar-refractivity contribution is -0.125. The molecular formula is C16H18ClN3O3S. The van der Waals surface area contributed by atoms with Gasteiger partial charge in [0.25, 0.3) is 0 Å². The van der Waals surface area contributed by atoms with Crippen LogP contribution in [0.1, 0.15) is 20.3 Å². The van der Waals surface area contributed by atoms with Crippen LogP contribution in [0.3, 0.4) is 0 Å². The second kappa shape index (κ2) is 8.12. The zero-order valence-electron chi connectivity index (χ0n) is 13.4. The molecule has 128 valence electrons. The molecule has 0 spiro atoms. The number of rotatable bonds is 7. The predicted molar refractivity (Wildman–Crippen MR) is 94.9 cm³/mol. The van der Waals surface area contributed by atoms with Gasteiger partial charge in [-0.15, -0.1) is 0 Å². The lowest BCUT2D eigenvalue weighted by Crippen LogP contribution is -2.30. The molecule has 2 rings (SSSR count). The Kier molecular flexibility index (Phi) is 6.16. The van der Waals surface area contributed by atoms with Gasteiger partial charge in [0, 0.05) is 0 Å². The number of anilines is 2. The quantitative estimate of drug-likeness (QED) is 0.760. The van der Waals surface area contributed by atoms with E-state index in [4.69, 9.17) is 22.1 Å². The monoisotopic (exact) mass is 367 g/mol. The van der Waals surface area contributed by atoms with Gasteiger partial charge in [-0.3, -0.25) is 14.5 Å². The standard InChI is InChI=1S/C16H18ClN3O3S/c1-10(2)9-23-12-6-4-3-5-11(12)20(15(22)7-14(18)21)16-19-8-13(17)24-16/h3-6,8,10H,7,9H2,1-2H3,(H2,18,21). The first kappa shape index (κ1) is 18.2. The number of primary amides is 1. The molecule has 0 fully saturated rings. The van der Waals surface area contributed by atoms with E-state index in [1.165, 1.54) is 11.1 Å². The number of aromatic nitrogens is 1. The number of nitrogens with zero attached hydrogens (tertiary/aromatic N) is 2. The number of carbonyl (C=O) groups is 2. The highest BCUT2D eigenvalue weighted by Gasteiger charge is 2.25. The number of hydrogen-bond acceptors (Lipinski definition) is 5. The van der Waals surface area contributed by atoms with Gasteiger partial charge >= 0.3 is 0 Å². The lowest BCUT2D eigenvalue weighted by atomic mass is 10.2. The van der Waals surface area contributed by atoms with E-state index in [1.807, 2.05) is 19.9 Å². The van der Waals surface area contributed by atoms with Crippen LogP contribution in [0.2, 0.25) is 4.34 Å². The van der Waals surface area contributed by atoms with E-state index in [9.17, 15) is 9.59 Å². The van der Waals surface area contributed by atoms with Gasteiger partial charge in [0.1, 0.15) is 16.5 Å². The van der Waals surface area contributed by atoms with Gasteiger partial charge < -0.3 is 10.5 Å². The summed E-state index contributed by atoms with van der Waals surface area (Å²) in [5.41, 5.74) is 5.66. The van der Waals surface area contributed by atoms with Crippen molar-refractivity contribution in [1.82, 2.24) is 4.98 Å². The van der Waals surface area contributed by atoms with Crippen molar-refractivity contribution >= 4 is 45.6 Å². The third-order valence-corrected chi connectivity index (χ3v) is 4.01. The van der Waals surface area contributed by atoms with Gasteiger partial charge in [-0.05, 0) is 18.1 Å². The van der Waals surface area contributed by atoms with Gasteiger partial charge in [-0.2, -0.15) is 0 Å². The first-order chi connectivity index (χ1) is 11.4. The minimum absolute atomic E-state index is 0.321. The molecule has 2 amide bonds. The third-order valence-electron chi connectivity index (χ3n) is 2.91. The van der Waals surface area contributed by atoms with Crippen LogP contribution in [0.4, 0.5) is 10.8 Å². The molecule has 0 radical (unpaired) electrons. The molecule has 0 aliphatic carbocycles. The van der Waals surface area contributed by atoms with Gasteiger partial charge in [-0.25, -0.2) is 4.98 Å². The minimum Gasteiger partial charge on any atom is -0.491 e. The Morgan fingerprint density at radius 3 is 2.67 bits per heavy atom. The molecule has 24 heavy (non-hydrogen) atoms. The number of halogens is 1. The minimum atomic E-state index is -0.715. The average Bonchev–Trinajstić information content (AvgIpc) is 2.92. The second-order valence-electron chi connectivity index (χ2n) is 5.49. The SMILES string of the molecule is CC(C)COc1ccccc1N(C(=O)CC(N)=O)c1ncc(Cl)s1. The summed E-state index contributed by atoms with van der Waals surface area (Å²) in [5.74, 6) is -0.361. The molecule has 6 nitrogen and oxygen atoms in total. The number of thiazole rings is 1. The van der Waals surface area contributed by atoms with E-state index in [2.05, 4.69) is 4.98 Å². The lowest BCUT2D eigenvalue weighted by Gasteiger charge is -2.22. The van der Waals surface area contributed by atoms with E-state index in [-0.39, 0.29) is 0 Å². The normalized spacial score (nSPS) is 10.7. The van der Waals surface area contributed by atoms with Gasteiger partial charge in [0.05, 0.1) is 18.5 Å². The summed E-state index contributed by atoms with van der Waals surface area (Å²) >= 11 is 7.07. The molecule has 2 aromatic rings. The van der Waals surface area contributed by atoms with Crippen molar-refractivity contribution in [3.8, 4) is 5.75 Å². The molecular weight excluding hydrogens is 350 g/mol. The zero-order valence-corrected chi connectivity index (χ0v) is 14.9. The Hall–Kier alpha value is -2.12. The predicted octanol–water partition coefficient (Wildman–Crippen LogP) is 3.37. The first-order valence-electron chi connectivity index (χ1n) is 7.33. The van der Waals surface area contributed by atoms with Crippen molar-refractivity contribution in [3.63, 3.8) is 0 Å². The average molecular weight is 368 g/mol. The van der Waals surface area contributed by atoms with Crippen molar-refractivity contribution in [2.75, 3.05) is 11.5 Å². The molecule has 0 aliphatic rings. The van der Waals surface area contributed by atoms with Crippen LogP contribution in [0, 0.1) is 5.92 Å². The Balaban J connectivity index is 2.43. The molecule has 0 saturated carbocycles. The third kappa shape index (κ3) is 4.69. The highest BCUT2D eigenvalue weighted by atomic mass is 35.5. The Morgan fingerprint density at radius 2 is 2.08 bits per heavy atom. The molecule has 0 unspecified atom stereocenters. The van der Waals surface area contributed by atoms with E-state index >= 15 is 0 Å². The number of amides is 2. The van der Waals surface area contributed by atoms with Crippen LogP contribution in [-0.4, -0.2) is 23.4 Å². The molecule has 2 N–H and O–H groups in total. The second-order valence-corrected chi connectivity index (χ2v) is 7.13. The number of ether oxygens (including phenoxy) is 1. The number of benzene rings is 1. The summed E-state index contributed by atoms with van der Waals surface area (Å²) in [6.07, 6.45) is 1.01. The topological polar surface area (TPSA) is 85.5 Å². The highest BCUT2D eigenvalue weighted by molar-refractivity contribution is 7.19.